The Hall–Kier alpha value is -2.71. The second-order valence-electron chi connectivity index (χ2n) is 6.33. The predicted molar refractivity (Wildman–Crippen MR) is 99.9 cm³/mol. The van der Waals surface area contributed by atoms with E-state index in [-0.39, 0.29) is 11.8 Å². The van der Waals surface area contributed by atoms with Crippen molar-refractivity contribution < 1.29 is 9.13 Å². The van der Waals surface area contributed by atoms with E-state index in [0.717, 1.165) is 34.3 Å². The van der Waals surface area contributed by atoms with Crippen LogP contribution in [0.15, 0.2) is 24.5 Å². The number of aryl methyl sites for hydroxylation is 1. The van der Waals surface area contributed by atoms with Gasteiger partial charge in [0.2, 0.25) is 5.95 Å². The second-order valence-corrected chi connectivity index (χ2v) is 6.76. The van der Waals surface area contributed by atoms with Gasteiger partial charge in [-0.2, -0.15) is 5.10 Å². The molecule has 3 N–H and O–H groups in total. The number of nitrogens with one attached hydrogen (secondary N) is 1. The lowest BCUT2D eigenvalue weighted by molar-refractivity contribution is 0.292. The molecule has 140 valence electrons. The van der Waals surface area contributed by atoms with E-state index >= 15 is 0 Å². The lowest BCUT2D eigenvalue weighted by atomic mass is 10.00. The topological polar surface area (TPSA) is 90.9 Å². The van der Waals surface area contributed by atoms with Crippen LogP contribution in [0.2, 0.25) is 5.02 Å². The van der Waals surface area contributed by atoms with Crippen molar-refractivity contribution in [1.82, 2.24) is 25.1 Å². The molecule has 1 aromatic carbocycles. The Balaban J connectivity index is 1.69. The van der Waals surface area contributed by atoms with Crippen LogP contribution in [0, 0.1) is 12.7 Å². The number of nitrogen functional groups attached to an aromatic ring is 1. The van der Waals surface area contributed by atoms with Gasteiger partial charge in [0.25, 0.3) is 0 Å². The van der Waals surface area contributed by atoms with Crippen LogP contribution in [0.3, 0.4) is 0 Å². The van der Waals surface area contributed by atoms with E-state index in [0.29, 0.717) is 37.0 Å². The fourth-order valence-corrected chi connectivity index (χ4v) is 3.50. The highest BCUT2D eigenvalue weighted by Crippen LogP contribution is 2.38. The molecule has 1 aliphatic heterocycles. The molecule has 0 fully saturated rings. The van der Waals surface area contributed by atoms with Gasteiger partial charge in [-0.05, 0) is 24.6 Å². The number of hydrogen-bond donors (Lipinski definition) is 2. The maximum Gasteiger partial charge on any atom is 0.220 e. The van der Waals surface area contributed by atoms with E-state index < -0.39 is 0 Å². The van der Waals surface area contributed by atoms with E-state index in [1.165, 1.54) is 10.9 Å². The number of aromatic nitrogens is 4. The number of halogens is 2. The van der Waals surface area contributed by atoms with E-state index in [4.69, 9.17) is 22.1 Å². The smallest absolute Gasteiger partial charge is 0.220 e. The van der Waals surface area contributed by atoms with Gasteiger partial charge in [0.05, 0.1) is 30.3 Å². The Bertz CT molecular complexity index is 1010. The molecule has 0 spiro atoms. The zero-order valence-electron chi connectivity index (χ0n) is 14.7. The van der Waals surface area contributed by atoms with Gasteiger partial charge >= 0.3 is 0 Å². The molecule has 0 saturated heterocycles. The van der Waals surface area contributed by atoms with Crippen molar-refractivity contribution in [3.63, 3.8) is 0 Å². The molecule has 0 unspecified atom stereocenters. The Morgan fingerprint density at radius 3 is 2.96 bits per heavy atom. The van der Waals surface area contributed by atoms with Gasteiger partial charge in [-0.25, -0.2) is 14.4 Å². The van der Waals surface area contributed by atoms with Gasteiger partial charge in [-0.15, -0.1) is 0 Å². The Kier molecular flexibility index (Phi) is 4.67. The first-order valence-corrected chi connectivity index (χ1v) is 8.86. The van der Waals surface area contributed by atoms with Crippen LogP contribution in [0.4, 0.5) is 10.3 Å². The lowest BCUT2D eigenvalue weighted by Crippen LogP contribution is -2.10. The van der Waals surface area contributed by atoms with Gasteiger partial charge < -0.3 is 15.8 Å². The fourth-order valence-electron chi connectivity index (χ4n) is 3.23. The molecule has 1 aliphatic rings. The van der Waals surface area contributed by atoms with Crippen LogP contribution in [0.5, 0.6) is 5.75 Å². The highest BCUT2D eigenvalue weighted by Gasteiger charge is 2.23. The number of nitrogens with two attached hydrogens (primary N) is 1. The van der Waals surface area contributed by atoms with Gasteiger partial charge in [0.15, 0.2) is 5.82 Å². The van der Waals surface area contributed by atoms with Gasteiger partial charge in [0.1, 0.15) is 12.4 Å². The maximum atomic E-state index is 13.1. The summed E-state index contributed by atoms with van der Waals surface area (Å²) in [6, 6.07) is 3.61. The van der Waals surface area contributed by atoms with Crippen molar-refractivity contribution >= 4 is 17.5 Å². The first-order valence-electron chi connectivity index (χ1n) is 8.48. The lowest BCUT2D eigenvalue weighted by Gasteiger charge is -2.16. The van der Waals surface area contributed by atoms with Crippen LogP contribution in [-0.2, 0) is 19.6 Å². The molecule has 9 heteroatoms. The minimum atomic E-state index is -0.381. The first kappa shape index (κ1) is 17.7. The number of hydrogen-bond acceptors (Lipinski definition) is 6. The number of fused-ring (bicyclic) bond motifs is 1. The van der Waals surface area contributed by atoms with Crippen molar-refractivity contribution in [3.8, 4) is 17.0 Å². The molecule has 2 aromatic heterocycles. The zero-order valence-corrected chi connectivity index (χ0v) is 15.4. The summed E-state index contributed by atoms with van der Waals surface area (Å²) in [5.74, 6) is 0.438. The summed E-state index contributed by atoms with van der Waals surface area (Å²) in [5, 5.41) is 7.75. The molecular formula is C18H18ClFN6O. The van der Waals surface area contributed by atoms with Gasteiger partial charge in [0, 0.05) is 29.2 Å². The molecule has 0 bridgehead atoms. The van der Waals surface area contributed by atoms with E-state index in [2.05, 4.69) is 20.4 Å². The highest BCUT2D eigenvalue weighted by atomic mass is 35.5. The summed E-state index contributed by atoms with van der Waals surface area (Å²) >= 11 is 6.24. The van der Waals surface area contributed by atoms with E-state index in [9.17, 15) is 4.39 Å². The highest BCUT2D eigenvalue weighted by molar-refractivity contribution is 6.31. The molecule has 0 amide bonds. The maximum absolute atomic E-state index is 13.1. The molecule has 0 atom stereocenters. The monoisotopic (exact) mass is 388 g/mol. The van der Waals surface area contributed by atoms with Crippen LogP contribution < -0.4 is 15.8 Å². The van der Waals surface area contributed by atoms with Crippen LogP contribution in [0.1, 0.15) is 16.8 Å². The molecule has 3 aromatic rings. The van der Waals surface area contributed by atoms with Crippen LogP contribution in [-0.4, -0.2) is 26.4 Å². The quantitative estimate of drug-likeness (QED) is 0.698. The molecule has 0 saturated carbocycles. The van der Waals surface area contributed by atoms with E-state index in [1.54, 1.807) is 6.07 Å². The minimum Gasteiger partial charge on any atom is -0.491 e. The fraction of sp³-hybridized carbons (Fsp3) is 0.278. The molecule has 7 nitrogen and oxygen atoms in total. The Morgan fingerprint density at radius 1 is 1.33 bits per heavy atom. The molecule has 3 heterocycles. The minimum absolute atomic E-state index is 0.222. The number of anilines is 1. The standard InChI is InChI=1S/C18H18ClFN6O/c1-10-4-11(19)5-15(27-3-2-26-9-12(20)6-23-26)16(10)17-13-7-22-8-14(13)24-18(21)25-17/h4-6,9,22H,2-3,7-8H2,1H3,(H2,21,24,25). The third-order valence-electron chi connectivity index (χ3n) is 4.38. The zero-order chi connectivity index (χ0) is 19.0. The summed E-state index contributed by atoms with van der Waals surface area (Å²) in [6.07, 6.45) is 2.48. The summed E-state index contributed by atoms with van der Waals surface area (Å²) in [5.41, 5.74) is 10.3. The van der Waals surface area contributed by atoms with Crippen molar-refractivity contribution in [3.05, 3.63) is 52.2 Å². The van der Waals surface area contributed by atoms with E-state index in [1.807, 2.05) is 13.0 Å². The van der Waals surface area contributed by atoms with Crippen molar-refractivity contribution in [2.24, 2.45) is 0 Å². The van der Waals surface area contributed by atoms with Crippen LogP contribution >= 0.6 is 11.6 Å². The number of rotatable bonds is 5. The molecule has 27 heavy (non-hydrogen) atoms. The molecule has 4 rings (SSSR count). The summed E-state index contributed by atoms with van der Waals surface area (Å²) < 4.78 is 20.5. The van der Waals surface area contributed by atoms with Gasteiger partial charge in [-0.1, -0.05) is 11.6 Å². The van der Waals surface area contributed by atoms with Gasteiger partial charge in [-0.3, -0.25) is 4.68 Å². The molecule has 0 radical (unpaired) electrons. The van der Waals surface area contributed by atoms with Crippen molar-refractivity contribution in [2.45, 2.75) is 26.6 Å². The normalized spacial score (nSPS) is 13.0. The average molecular weight is 389 g/mol. The predicted octanol–water partition coefficient (Wildman–Crippen LogP) is 2.71. The number of ether oxygens (including phenoxy) is 1. The largest absolute Gasteiger partial charge is 0.491 e. The van der Waals surface area contributed by atoms with Crippen molar-refractivity contribution in [2.75, 3.05) is 12.3 Å². The van der Waals surface area contributed by atoms with Crippen LogP contribution in [0.25, 0.3) is 11.3 Å². The first-order chi connectivity index (χ1) is 13.0. The Morgan fingerprint density at radius 2 is 2.19 bits per heavy atom. The second kappa shape index (κ2) is 7.13. The van der Waals surface area contributed by atoms with Crippen molar-refractivity contribution in [1.29, 1.82) is 0 Å². The number of benzene rings is 1. The Labute approximate surface area is 160 Å². The average Bonchev–Trinajstić information content (AvgIpc) is 3.22. The summed E-state index contributed by atoms with van der Waals surface area (Å²) in [7, 11) is 0. The number of nitrogens with zero attached hydrogens (tertiary/aromatic N) is 4. The summed E-state index contributed by atoms with van der Waals surface area (Å²) in [6.45, 7) is 3.97. The third-order valence-corrected chi connectivity index (χ3v) is 4.60. The SMILES string of the molecule is Cc1cc(Cl)cc(OCCn2cc(F)cn2)c1-c1nc(N)nc2c1CNC2. The molecule has 0 aliphatic carbocycles. The third kappa shape index (κ3) is 3.58. The summed E-state index contributed by atoms with van der Waals surface area (Å²) in [4.78, 5) is 8.78. The molecular weight excluding hydrogens is 371 g/mol.